The van der Waals surface area contributed by atoms with E-state index in [2.05, 4.69) is 25.8 Å². The molecule has 1 fully saturated rings. The molecule has 2 aromatic carbocycles. The molecular weight excluding hydrogens is 485 g/mol. The molecule has 8 nitrogen and oxygen atoms in total. The molecule has 4 heterocycles. The molecule has 9 heteroatoms. The normalized spacial score (nSPS) is 18.3. The van der Waals surface area contributed by atoms with Crippen molar-refractivity contribution in [2.24, 2.45) is 7.05 Å². The number of hydrogen-bond acceptors (Lipinski definition) is 5. The van der Waals surface area contributed by atoms with E-state index in [1.54, 1.807) is 18.2 Å². The minimum atomic E-state index is -0.538. The van der Waals surface area contributed by atoms with E-state index < -0.39 is 6.04 Å². The standard InChI is InChI=1S/C29H30FN5O3/c1-33-24-13-22(38-2)10-11-23(24)26-27(33)25(15-36)35(28(37)32-20-8-6-19(30)7-9-20)18-29(26)16-34(17-29)14-21-5-3-4-12-31-21/h3-13,25,36H,14-18H2,1-2H3,(H,32,37)/t25-/m0/s1. The van der Waals surface area contributed by atoms with E-state index in [4.69, 9.17) is 4.74 Å². The molecule has 0 radical (unpaired) electrons. The van der Waals surface area contributed by atoms with Crippen molar-refractivity contribution < 1.29 is 19.0 Å². The van der Waals surface area contributed by atoms with Crippen LogP contribution in [-0.2, 0) is 19.0 Å². The lowest BCUT2D eigenvalue weighted by Crippen LogP contribution is -2.67. The highest BCUT2D eigenvalue weighted by atomic mass is 19.1. The summed E-state index contributed by atoms with van der Waals surface area (Å²) in [6.07, 6.45) is 1.80. The number of nitrogens with one attached hydrogen (secondary N) is 1. The monoisotopic (exact) mass is 515 g/mol. The highest BCUT2D eigenvalue weighted by Gasteiger charge is 2.54. The van der Waals surface area contributed by atoms with Gasteiger partial charge in [0.25, 0.3) is 0 Å². The molecule has 2 aliphatic rings. The molecule has 4 aromatic rings. The summed E-state index contributed by atoms with van der Waals surface area (Å²) < 4.78 is 21.0. The number of aromatic nitrogens is 2. The Labute approximate surface area is 220 Å². The summed E-state index contributed by atoms with van der Waals surface area (Å²) in [6.45, 7) is 2.45. The van der Waals surface area contributed by atoms with Gasteiger partial charge < -0.3 is 24.6 Å². The first-order valence-electron chi connectivity index (χ1n) is 12.7. The third-order valence-corrected chi connectivity index (χ3v) is 7.84. The van der Waals surface area contributed by atoms with Crippen molar-refractivity contribution in [2.75, 3.05) is 38.7 Å². The van der Waals surface area contributed by atoms with Crippen LogP contribution in [0.4, 0.5) is 14.9 Å². The smallest absolute Gasteiger partial charge is 0.322 e. The number of anilines is 1. The summed E-state index contributed by atoms with van der Waals surface area (Å²) >= 11 is 0. The van der Waals surface area contributed by atoms with Crippen LogP contribution in [0.15, 0.2) is 66.9 Å². The molecule has 196 valence electrons. The van der Waals surface area contributed by atoms with Crippen LogP contribution in [0.25, 0.3) is 10.9 Å². The van der Waals surface area contributed by atoms with E-state index in [1.807, 2.05) is 37.4 Å². The molecule has 6 rings (SSSR count). The number of pyridine rings is 1. The lowest BCUT2D eigenvalue weighted by Gasteiger charge is -2.56. The van der Waals surface area contributed by atoms with Crippen LogP contribution < -0.4 is 10.1 Å². The molecule has 1 spiro atoms. The summed E-state index contributed by atoms with van der Waals surface area (Å²) in [5.74, 6) is 0.382. The third-order valence-electron chi connectivity index (χ3n) is 7.84. The lowest BCUT2D eigenvalue weighted by molar-refractivity contribution is 0.00702. The van der Waals surface area contributed by atoms with Gasteiger partial charge in [-0.05, 0) is 54.1 Å². The van der Waals surface area contributed by atoms with E-state index in [-0.39, 0.29) is 23.9 Å². The van der Waals surface area contributed by atoms with E-state index in [1.165, 1.54) is 29.8 Å². The van der Waals surface area contributed by atoms with Crippen LogP contribution in [0.1, 0.15) is 23.0 Å². The molecular formula is C29H30FN5O3. The molecule has 2 amide bonds. The number of ether oxygens (including phenoxy) is 1. The lowest BCUT2D eigenvalue weighted by atomic mass is 9.68. The predicted molar refractivity (Wildman–Crippen MR) is 143 cm³/mol. The number of halogens is 1. The second-order valence-corrected chi connectivity index (χ2v) is 10.2. The van der Waals surface area contributed by atoms with Crippen molar-refractivity contribution in [1.82, 2.24) is 19.4 Å². The second-order valence-electron chi connectivity index (χ2n) is 10.2. The van der Waals surface area contributed by atoms with Gasteiger partial charge in [-0.1, -0.05) is 6.07 Å². The minimum Gasteiger partial charge on any atom is -0.497 e. The van der Waals surface area contributed by atoms with Crippen molar-refractivity contribution >= 4 is 22.6 Å². The molecule has 2 aliphatic heterocycles. The van der Waals surface area contributed by atoms with Crippen LogP contribution in [0.3, 0.4) is 0 Å². The maximum Gasteiger partial charge on any atom is 0.322 e. The van der Waals surface area contributed by atoms with Gasteiger partial charge in [0.1, 0.15) is 11.6 Å². The van der Waals surface area contributed by atoms with Crippen LogP contribution in [-0.4, -0.2) is 63.8 Å². The van der Waals surface area contributed by atoms with Crippen molar-refractivity contribution in [3.05, 3.63) is 89.6 Å². The fraction of sp³-hybridized carbons (Fsp3) is 0.310. The van der Waals surface area contributed by atoms with Gasteiger partial charge in [0, 0.05) is 67.7 Å². The summed E-state index contributed by atoms with van der Waals surface area (Å²) in [5.41, 5.74) is 4.29. The van der Waals surface area contributed by atoms with Crippen LogP contribution in [0.5, 0.6) is 5.75 Å². The zero-order chi connectivity index (χ0) is 26.4. The maximum absolute atomic E-state index is 13.6. The van der Waals surface area contributed by atoms with Gasteiger partial charge in [-0.15, -0.1) is 0 Å². The van der Waals surface area contributed by atoms with Crippen molar-refractivity contribution in [3.63, 3.8) is 0 Å². The van der Waals surface area contributed by atoms with Crippen molar-refractivity contribution in [1.29, 1.82) is 0 Å². The number of urea groups is 1. The van der Waals surface area contributed by atoms with E-state index in [9.17, 15) is 14.3 Å². The summed E-state index contributed by atoms with van der Waals surface area (Å²) in [5, 5.41) is 14.6. The van der Waals surface area contributed by atoms with Crippen LogP contribution in [0.2, 0.25) is 0 Å². The zero-order valence-corrected chi connectivity index (χ0v) is 21.4. The molecule has 0 saturated carbocycles. The van der Waals surface area contributed by atoms with Gasteiger partial charge in [-0.2, -0.15) is 0 Å². The number of aliphatic hydroxyl groups is 1. The summed E-state index contributed by atoms with van der Waals surface area (Å²) in [7, 11) is 3.62. The number of fused-ring (bicyclic) bond motifs is 4. The molecule has 0 aliphatic carbocycles. The quantitative estimate of drug-likeness (QED) is 0.419. The summed E-state index contributed by atoms with van der Waals surface area (Å²) in [4.78, 5) is 22.2. The highest BCUT2D eigenvalue weighted by molar-refractivity contribution is 5.92. The van der Waals surface area contributed by atoms with Gasteiger partial charge in [0.05, 0.1) is 31.0 Å². The molecule has 2 N–H and O–H groups in total. The highest BCUT2D eigenvalue weighted by Crippen LogP contribution is 2.50. The predicted octanol–water partition coefficient (Wildman–Crippen LogP) is 4.06. The molecule has 1 saturated heterocycles. The van der Waals surface area contributed by atoms with E-state index in [0.29, 0.717) is 12.2 Å². The van der Waals surface area contributed by atoms with E-state index >= 15 is 0 Å². The van der Waals surface area contributed by atoms with Gasteiger partial charge in [0.2, 0.25) is 0 Å². The Hall–Kier alpha value is -3.95. The topological polar surface area (TPSA) is 82.9 Å². The first-order chi connectivity index (χ1) is 18.4. The maximum atomic E-state index is 13.6. The second kappa shape index (κ2) is 9.41. The molecule has 38 heavy (non-hydrogen) atoms. The molecule has 0 bridgehead atoms. The van der Waals surface area contributed by atoms with Gasteiger partial charge in [0.15, 0.2) is 0 Å². The number of aryl methyl sites for hydroxylation is 1. The zero-order valence-electron chi connectivity index (χ0n) is 21.4. The van der Waals surface area contributed by atoms with Crippen LogP contribution >= 0.6 is 0 Å². The minimum absolute atomic E-state index is 0.223. The number of amides is 2. The van der Waals surface area contributed by atoms with Crippen LogP contribution in [0, 0.1) is 5.82 Å². The Morgan fingerprint density at radius 1 is 1.16 bits per heavy atom. The number of methoxy groups -OCH3 is 1. The summed E-state index contributed by atoms with van der Waals surface area (Å²) in [6, 6.07) is 16.8. The Morgan fingerprint density at radius 2 is 1.95 bits per heavy atom. The molecule has 1 atom stereocenters. The molecule has 0 unspecified atom stereocenters. The number of benzene rings is 2. The third kappa shape index (κ3) is 3.99. The number of rotatable bonds is 5. The average Bonchev–Trinajstić information content (AvgIpc) is 3.21. The van der Waals surface area contributed by atoms with E-state index in [0.717, 1.165) is 47.7 Å². The number of aliphatic hydroxyl groups excluding tert-OH is 1. The number of hydrogen-bond donors (Lipinski definition) is 2. The first kappa shape index (κ1) is 24.4. The van der Waals surface area contributed by atoms with Crippen molar-refractivity contribution in [2.45, 2.75) is 18.0 Å². The van der Waals surface area contributed by atoms with Gasteiger partial charge in [-0.3, -0.25) is 9.88 Å². The number of carbonyl (C=O) groups excluding carboxylic acids is 1. The number of carbonyl (C=O) groups is 1. The number of nitrogens with zero attached hydrogens (tertiary/aromatic N) is 4. The fourth-order valence-corrected chi connectivity index (χ4v) is 6.20. The van der Waals surface area contributed by atoms with Gasteiger partial charge >= 0.3 is 6.03 Å². The Morgan fingerprint density at radius 3 is 2.63 bits per heavy atom. The SMILES string of the molecule is COc1ccc2c3c(n(C)c2c1)[C@H](CO)N(C(=O)Nc1ccc(F)cc1)CC31CN(Cc2ccccn2)C1. The first-order valence-corrected chi connectivity index (χ1v) is 12.7. The Kier molecular flexibility index (Phi) is 6.04. The number of likely N-dealkylation sites (tertiary alicyclic amines) is 1. The average molecular weight is 516 g/mol. The Bertz CT molecular complexity index is 1480. The Balaban J connectivity index is 1.40. The largest absolute Gasteiger partial charge is 0.497 e. The molecule has 2 aromatic heterocycles. The fourth-order valence-electron chi connectivity index (χ4n) is 6.20. The van der Waals surface area contributed by atoms with Crippen molar-refractivity contribution in [3.8, 4) is 5.75 Å². The van der Waals surface area contributed by atoms with Gasteiger partial charge in [-0.25, -0.2) is 9.18 Å².